The van der Waals surface area contributed by atoms with Crippen molar-refractivity contribution in [3.8, 4) is 5.75 Å². The quantitative estimate of drug-likeness (QED) is 0.922. The van der Waals surface area contributed by atoms with Gasteiger partial charge in [0.15, 0.2) is 0 Å². The van der Waals surface area contributed by atoms with Crippen LogP contribution in [0.15, 0.2) is 42.5 Å². The van der Waals surface area contributed by atoms with Gasteiger partial charge in [0.2, 0.25) is 0 Å². The third-order valence-electron chi connectivity index (χ3n) is 2.86. The van der Waals surface area contributed by atoms with E-state index in [1.165, 1.54) is 6.07 Å². The Balaban J connectivity index is 2.21. The Hall–Kier alpha value is -1.58. The second kappa shape index (κ2) is 6.04. The molecule has 100 valence electrons. The first-order chi connectivity index (χ1) is 9.10. The van der Waals surface area contributed by atoms with Gasteiger partial charge in [0.1, 0.15) is 17.7 Å². The standard InChI is InChI=1S/C15H15ClFNO/c1-10-5-6-13(8-14(10)17)19-15(9-18)11-3-2-4-12(16)7-11/h2-8,15H,9,18H2,1H3. The van der Waals surface area contributed by atoms with E-state index in [1.807, 2.05) is 12.1 Å². The van der Waals surface area contributed by atoms with Crippen LogP contribution in [-0.2, 0) is 0 Å². The fraction of sp³-hybridized carbons (Fsp3) is 0.200. The monoisotopic (exact) mass is 279 g/mol. The van der Waals surface area contributed by atoms with Gasteiger partial charge in [0.25, 0.3) is 0 Å². The van der Waals surface area contributed by atoms with Gasteiger partial charge in [-0.1, -0.05) is 29.8 Å². The lowest BCUT2D eigenvalue weighted by Gasteiger charge is -2.18. The zero-order valence-electron chi connectivity index (χ0n) is 10.6. The van der Waals surface area contributed by atoms with Gasteiger partial charge in [0.05, 0.1) is 0 Å². The highest BCUT2D eigenvalue weighted by molar-refractivity contribution is 6.30. The summed E-state index contributed by atoms with van der Waals surface area (Å²) in [6.07, 6.45) is -0.346. The average molecular weight is 280 g/mol. The summed E-state index contributed by atoms with van der Waals surface area (Å²) in [5.41, 5.74) is 7.16. The summed E-state index contributed by atoms with van der Waals surface area (Å²) in [5.74, 6) is 0.165. The lowest BCUT2D eigenvalue weighted by Crippen LogP contribution is -2.18. The van der Waals surface area contributed by atoms with Crippen LogP contribution in [-0.4, -0.2) is 6.54 Å². The molecular weight excluding hydrogens is 265 g/mol. The Labute approximate surface area is 117 Å². The first kappa shape index (κ1) is 13.8. The Morgan fingerprint density at radius 1 is 1.26 bits per heavy atom. The molecule has 0 heterocycles. The Morgan fingerprint density at radius 2 is 2.05 bits per heavy atom. The highest BCUT2D eigenvalue weighted by Crippen LogP contribution is 2.24. The van der Waals surface area contributed by atoms with Crippen molar-refractivity contribution in [1.29, 1.82) is 0 Å². The molecule has 1 unspecified atom stereocenters. The van der Waals surface area contributed by atoms with Crippen LogP contribution in [0.25, 0.3) is 0 Å². The fourth-order valence-electron chi connectivity index (χ4n) is 1.77. The minimum absolute atomic E-state index is 0.288. The summed E-state index contributed by atoms with van der Waals surface area (Å²) in [6, 6.07) is 12.1. The number of halogens is 2. The van der Waals surface area contributed by atoms with E-state index in [-0.39, 0.29) is 18.5 Å². The molecule has 2 aromatic rings. The minimum Gasteiger partial charge on any atom is -0.484 e. The summed E-state index contributed by atoms with van der Waals surface area (Å²) in [7, 11) is 0. The molecule has 0 spiro atoms. The molecule has 2 N–H and O–H groups in total. The third kappa shape index (κ3) is 3.46. The minimum atomic E-state index is -0.346. The second-order valence-corrected chi connectivity index (χ2v) is 4.74. The smallest absolute Gasteiger partial charge is 0.136 e. The lowest BCUT2D eigenvalue weighted by atomic mass is 10.1. The van der Waals surface area contributed by atoms with Crippen molar-refractivity contribution >= 4 is 11.6 Å². The van der Waals surface area contributed by atoms with Crippen LogP contribution in [0.5, 0.6) is 5.75 Å². The molecule has 0 amide bonds. The predicted octanol–water partition coefficient (Wildman–Crippen LogP) is 3.87. The normalized spacial score (nSPS) is 12.2. The molecule has 2 aromatic carbocycles. The Morgan fingerprint density at radius 3 is 2.68 bits per heavy atom. The summed E-state index contributed by atoms with van der Waals surface area (Å²) < 4.78 is 19.2. The highest BCUT2D eigenvalue weighted by atomic mass is 35.5. The van der Waals surface area contributed by atoms with Gasteiger partial charge in [-0.3, -0.25) is 0 Å². The topological polar surface area (TPSA) is 35.2 Å². The molecule has 0 aliphatic carbocycles. The molecule has 0 radical (unpaired) electrons. The second-order valence-electron chi connectivity index (χ2n) is 4.31. The van der Waals surface area contributed by atoms with Crippen LogP contribution in [0.3, 0.4) is 0 Å². The van der Waals surface area contributed by atoms with Crippen LogP contribution in [0, 0.1) is 12.7 Å². The van der Waals surface area contributed by atoms with Crippen molar-refractivity contribution in [3.63, 3.8) is 0 Å². The van der Waals surface area contributed by atoms with Crippen molar-refractivity contribution in [2.75, 3.05) is 6.54 Å². The van der Waals surface area contributed by atoms with Gasteiger partial charge in [-0.2, -0.15) is 0 Å². The third-order valence-corrected chi connectivity index (χ3v) is 3.09. The zero-order chi connectivity index (χ0) is 13.8. The van der Waals surface area contributed by atoms with Crippen LogP contribution < -0.4 is 10.5 Å². The van der Waals surface area contributed by atoms with E-state index in [1.54, 1.807) is 31.2 Å². The number of hydrogen-bond acceptors (Lipinski definition) is 2. The van der Waals surface area contributed by atoms with E-state index in [2.05, 4.69) is 0 Å². The summed E-state index contributed by atoms with van der Waals surface area (Å²) in [5, 5.41) is 0.620. The fourth-order valence-corrected chi connectivity index (χ4v) is 1.97. The molecule has 0 saturated heterocycles. The van der Waals surface area contributed by atoms with E-state index >= 15 is 0 Å². The first-order valence-corrected chi connectivity index (χ1v) is 6.36. The van der Waals surface area contributed by atoms with Crippen LogP contribution >= 0.6 is 11.6 Å². The molecule has 0 saturated carbocycles. The molecule has 0 aliphatic rings. The van der Waals surface area contributed by atoms with Crippen LogP contribution in [0.2, 0.25) is 5.02 Å². The van der Waals surface area contributed by atoms with E-state index in [0.29, 0.717) is 16.3 Å². The Bertz CT molecular complexity index is 574. The number of hydrogen-bond donors (Lipinski definition) is 1. The van der Waals surface area contributed by atoms with Crippen molar-refractivity contribution in [3.05, 3.63) is 64.4 Å². The maximum absolute atomic E-state index is 13.5. The average Bonchev–Trinajstić information content (AvgIpc) is 2.40. The van der Waals surface area contributed by atoms with Gasteiger partial charge in [-0.25, -0.2) is 4.39 Å². The van der Waals surface area contributed by atoms with Gasteiger partial charge in [-0.05, 0) is 36.2 Å². The predicted molar refractivity (Wildman–Crippen MR) is 75.0 cm³/mol. The maximum atomic E-state index is 13.5. The SMILES string of the molecule is Cc1ccc(OC(CN)c2cccc(Cl)c2)cc1F. The summed E-state index contributed by atoms with van der Waals surface area (Å²) >= 11 is 5.94. The van der Waals surface area contributed by atoms with Crippen molar-refractivity contribution in [2.24, 2.45) is 5.73 Å². The summed E-state index contributed by atoms with van der Waals surface area (Å²) in [4.78, 5) is 0. The van der Waals surface area contributed by atoms with Crippen molar-refractivity contribution in [2.45, 2.75) is 13.0 Å². The molecule has 0 fully saturated rings. The molecule has 2 rings (SSSR count). The largest absolute Gasteiger partial charge is 0.484 e. The molecule has 19 heavy (non-hydrogen) atoms. The number of nitrogens with two attached hydrogens (primary N) is 1. The highest BCUT2D eigenvalue weighted by Gasteiger charge is 2.12. The van der Waals surface area contributed by atoms with Gasteiger partial charge in [-0.15, -0.1) is 0 Å². The van der Waals surface area contributed by atoms with Crippen molar-refractivity contribution < 1.29 is 9.13 Å². The van der Waals surface area contributed by atoms with E-state index < -0.39 is 0 Å². The van der Waals surface area contributed by atoms with Gasteiger partial charge in [0, 0.05) is 17.6 Å². The molecular formula is C15H15ClFNO. The zero-order valence-corrected chi connectivity index (χ0v) is 11.3. The molecule has 2 nitrogen and oxygen atoms in total. The molecule has 1 atom stereocenters. The first-order valence-electron chi connectivity index (χ1n) is 5.98. The molecule has 0 bridgehead atoms. The van der Waals surface area contributed by atoms with Gasteiger partial charge >= 0.3 is 0 Å². The van der Waals surface area contributed by atoms with E-state index in [4.69, 9.17) is 22.1 Å². The van der Waals surface area contributed by atoms with Crippen molar-refractivity contribution in [1.82, 2.24) is 0 Å². The molecule has 0 aromatic heterocycles. The molecule has 4 heteroatoms. The molecule has 0 aliphatic heterocycles. The number of rotatable bonds is 4. The van der Waals surface area contributed by atoms with E-state index in [9.17, 15) is 4.39 Å². The van der Waals surface area contributed by atoms with Crippen LogP contribution in [0.4, 0.5) is 4.39 Å². The van der Waals surface area contributed by atoms with Crippen LogP contribution in [0.1, 0.15) is 17.2 Å². The Kier molecular flexibility index (Phi) is 4.40. The van der Waals surface area contributed by atoms with E-state index in [0.717, 1.165) is 5.56 Å². The number of benzene rings is 2. The van der Waals surface area contributed by atoms with Gasteiger partial charge < -0.3 is 10.5 Å². The summed E-state index contributed by atoms with van der Waals surface area (Å²) in [6.45, 7) is 1.99. The number of aryl methyl sites for hydroxylation is 1. The number of ether oxygens (including phenoxy) is 1. The maximum Gasteiger partial charge on any atom is 0.136 e. The lowest BCUT2D eigenvalue weighted by molar-refractivity contribution is 0.213.